The van der Waals surface area contributed by atoms with Gasteiger partial charge in [0.1, 0.15) is 5.75 Å². The summed E-state index contributed by atoms with van der Waals surface area (Å²) in [6, 6.07) is 8.34. The molecule has 1 fully saturated rings. The lowest BCUT2D eigenvalue weighted by molar-refractivity contribution is 0.00388. The van der Waals surface area contributed by atoms with Crippen LogP contribution in [-0.2, 0) is 0 Å². The van der Waals surface area contributed by atoms with Gasteiger partial charge in [0, 0.05) is 0 Å². The standard InChI is InChI=1S/C19H28O2/c1-18(2)9-5-10-19(20,12-11-18)14-15-8-13-21-17-7-4-3-6-16(15)17/h3-4,6-7,15,20H,5,8-14H2,1-2H3. The molecule has 2 heteroatoms. The third kappa shape index (κ3) is 3.42. The largest absolute Gasteiger partial charge is 0.493 e. The van der Waals surface area contributed by atoms with Crippen LogP contribution < -0.4 is 4.74 Å². The molecular weight excluding hydrogens is 260 g/mol. The van der Waals surface area contributed by atoms with E-state index in [4.69, 9.17) is 4.74 Å². The van der Waals surface area contributed by atoms with Crippen LogP contribution in [-0.4, -0.2) is 17.3 Å². The van der Waals surface area contributed by atoms with Crippen molar-refractivity contribution in [2.24, 2.45) is 5.41 Å². The Morgan fingerprint density at radius 3 is 2.81 bits per heavy atom. The van der Waals surface area contributed by atoms with Gasteiger partial charge in [0.05, 0.1) is 12.2 Å². The molecule has 0 aromatic heterocycles. The highest BCUT2D eigenvalue weighted by Crippen LogP contribution is 2.44. The molecule has 2 unspecified atom stereocenters. The number of para-hydroxylation sites is 1. The van der Waals surface area contributed by atoms with E-state index in [0.29, 0.717) is 11.3 Å². The lowest BCUT2D eigenvalue weighted by Crippen LogP contribution is -2.32. The SMILES string of the molecule is CC1(C)CCCC(O)(CC2CCOc3ccccc32)CC1. The minimum Gasteiger partial charge on any atom is -0.493 e. The van der Waals surface area contributed by atoms with E-state index in [0.717, 1.165) is 50.9 Å². The zero-order valence-corrected chi connectivity index (χ0v) is 13.4. The minimum absolute atomic E-state index is 0.387. The Hall–Kier alpha value is -1.02. The lowest BCUT2D eigenvalue weighted by Gasteiger charge is -2.34. The highest BCUT2D eigenvalue weighted by molar-refractivity contribution is 5.38. The van der Waals surface area contributed by atoms with Gasteiger partial charge in [0.2, 0.25) is 0 Å². The third-order valence-corrected chi connectivity index (χ3v) is 5.47. The molecule has 1 aromatic rings. The highest BCUT2D eigenvalue weighted by Gasteiger charge is 2.37. The first-order valence-corrected chi connectivity index (χ1v) is 8.42. The fourth-order valence-electron chi connectivity index (χ4n) is 4.01. The summed E-state index contributed by atoms with van der Waals surface area (Å²) in [4.78, 5) is 0. The summed E-state index contributed by atoms with van der Waals surface area (Å²) in [7, 11) is 0. The van der Waals surface area contributed by atoms with Crippen molar-refractivity contribution in [3.63, 3.8) is 0 Å². The minimum atomic E-state index is -0.483. The van der Waals surface area contributed by atoms with Crippen LogP contribution in [0.1, 0.15) is 70.3 Å². The average Bonchev–Trinajstić information content (AvgIpc) is 2.58. The van der Waals surface area contributed by atoms with Gasteiger partial charge in [-0.1, -0.05) is 38.5 Å². The second-order valence-electron chi connectivity index (χ2n) is 7.82. The Labute approximate surface area is 128 Å². The number of fused-ring (bicyclic) bond motifs is 1. The zero-order chi connectivity index (χ0) is 14.9. The van der Waals surface area contributed by atoms with E-state index in [9.17, 15) is 5.11 Å². The third-order valence-electron chi connectivity index (χ3n) is 5.47. The first kappa shape index (κ1) is 14.9. The first-order chi connectivity index (χ1) is 9.98. The van der Waals surface area contributed by atoms with Crippen molar-refractivity contribution < 1.29 is 9.84 Å². The van der Waals surface area contributed by atoms with E-state index in [2.05, 4.69) is 32.0 Å². The molecule has 1 aliphatic heterocycles. The van der Waals surface area contributed by atoms with Crippen LogP contribution in [0, 0.1) is 5.41 Å². The monoisotopic (exact) mass is 288 g/mol. The number of hydrogen-bond acceptors (Lipinski definition) is 2. The average molecular weight is 288 g/mol. The number of aliphatic hydroxyl groups is 1. The molecule has 0 spiro atoms. The molecule has 3 rings (SSSR count). The lowest BCUT2D eigenvalue weighted by atomic mass is 9.78. The summed E-state index contributed by atoms with van der Waals surface area (Å²) >= 11 is 0. The summed E-state index contributed by atoms with van der Waals surface area (Å²) in [6.45, 7) is 5.45. The molecule has 1 aromatic carbocycles. The van der Waals surface area contributed by atoms with E-state index >= 15 is 0 Å². The topological polar surface area (TPSA) is 29.5 Å². The van der Waals surface area contributed by atoms with Crippen LogP contribution in [0.3, 0.4) is 0 Å². The van der Waals surface area contributed by atoms with Gasteiger partial charge in [-0.15, -0.1) is 0 Å². The predicted octanol–water partition coefficient (Wildman–Crippen LogP) is 4.66. The Morgan fingerprint density at radius 2 is 1.95 bits per heavy atom. The maximum absolute atomic E-state index is 11.1. The van der Waals surface area contributed by atoms with Gasteiger partial charge in [0.15, 0.2) is 0 Å². The van der Waals surface area contributed by atoms with Crippen molar-refractivity contribution in [2.45, 2.75) is 70.3 Å². The van der Waals surface area contributed by atoms with Gasteiger partial charge in [-0.25, -0.2) is 0 Å². The predicted molar refractivity (Wildman–Crippen MR) is 85.7 cm³/mol. The highest BCUT2D eigenvalue weighted by atomic mass is 16.5. The number of hydrogen-bond donors (Lipinski definition) is 1. The van der Waals surface area contributed by atoms with Gasteiger partial charge in [0.25, 0.3) is 0 Å². The van der Waals surface area contributed by atoms with Crippen LogP contribution in [0.5, 0.6) is 5.75 Å². The molecule has 1 saturated carbocycles. The van der Waals surface area contributed by atoms with E-state index in [-0.39, 0.29) is 0 Å². The fourth-order valence-corrected chi connectivity index (χ4v) is 4.01. The summed E-state index contributed by atoms with van der Waals surface area (Å²) in [5.74, 6) is 1.47. The van der Waals surface area contributed by atoms with E-state index in [1.807, 2.05) is 6.07 Å². The summed E-state index contributed by atoms with van der Waals surface area (Å²) in [5.41, 5.74) is 1.20. The Morgan fingerprint density at radius 1 is 1.14 bits per heavy atom. The summed E-state index contributed by atoms with van der Waals surface area (Å²) in [5, 5.41) is 11.1. The Kier molecular flexibility index (Phi) is 4.00. The van der Waals surface area contributed by atoms with E-state index in [1.165, 1.54) is 12.0 Å². The number of ether oxygens (including phenoxy) is 1. The second-order valence-corrected chi connectivity index (χ2v) is 7.82. The van der Waals surface area contributed by atoms with Crippen LogP contribution in [0.4, 0.5) is 0 Å². The molecule has 2 aliphatic rings. The van der Waals surface area contributed by atoms with E-state index < -0.39 is 5.60 Å². The first-order valence-electron chi connectivity index (χ1n) is 8.42. The molecule has 0 bridgehead atoms. The number of rotatable bonds is 2. The molecular formula is C19H28O2. The fraction of sp³-hybridized carbons (Fsp3) is 0.684. The molecule has 0 radical (unpaired) electrons. The van der Waals surface area contributed by atoms with Gasteiger partial charge < -0.3 is 9.84 Å². The molecule has 116 valence electrons. The summed E-state index contributed by atoms with van der Waals surface area (Å²) < 4.78 is 5.75. The van der Waals surface area contributed by atoms with Crippen molar-refractivity contribution in [1.29, 1.82) is 0 Å². The molecule has 1 heterocycles. The van der Waals surface area contributed by atoms with Gasteiger partial charge in [-0.05, 0) is 61.5 Å². The maximum Gasteiger partial charge on any atom is 0.122 e. The second kappa shape index (κ2) is 5.64. The van der Waals surface area contributed by atoms with E-state index in [1.54, 1.807) is 0 Å². The quantitative estimate of drug-likeness (QED) is 0.802. The Balaban J connectivity index is 1.74. The summed E-state index contributed by atoms with van der Waals surface area (Å²) in [6.07, 6.45) is 7.34. The van der Waals surface area contributed by atoms with Crippen LogP contribution >= 0.6 is 0 Å². The molecule has 1 N–H and O–H groups in total. The molecule has 0 amide bonds. The van der Waals surface area contributed by atoms with Crippen molar-refractivity contribution in [3.05, 3.63) is 29.8 Å². The molecule has 1 aliphatic carbocycles. The molecule has 2 nitrogen and oxygen atoms in total. The van der Waals surface area contributed by atoms with Crippen LogP contribution in [0.2, 0.25) is 0 Å². The molecule has 0 saturated heterocycles. The van der Waals surface area contributed by atoms with Gasteiger partial charge in [-0.2, -0.15) is 0 Å². The number of benzene rings is 1. The normalized spacial score (nSPS) is 31.9. The van der Waals surface area contributed by atoms with Gasteiger partial charge >= 0.3 is 0 Å². The van der Waals surface area contributed by atoms with Crippen LogP contribution in [0.25, 0.3) is 0 Å². The Bertz CT molecular complexity index is 494. The van der Waals surface area contributed by atoms with Crippen LogP contribution in [0.15, 0.2) is 24.3 Å². The molecule has 21 heavy (non-hydrogen) atoms. The smallest absolute Gasteiger partial charge is 0.122 e. The van der Waals surface area contributed by atoms with Gasteiger partial charge in [-0.3, -0.25) is 0 Å². The molecule has 2 atom stereocenters. The van der Waals surface area contributed by atoms with Crippen molar-refractivity contribution in [2.75, 3.05) is 6.61 Å². The maximum atomic E-state index is 11.1. The van der Waals surface area contributed by atoms with Crippen molar-refractivity contribution >= 4 is 0 Å². The zero-order valence-electron chi connectivity index (χ0n) is 13.4. The van der Waals surface area contributed by atoms with Crippen molar-refractivity contribution in [1.82, 2.24) is 0 Å². The van der Waals surface area contributed by atoms with Crippen molar-refractivity contribution in [3.8, 4) is 5.75 Å².